The van der Waals surface area contributed by atoms with Crippen molar-refractivity contribution in [2.24, 2.45) is 0 Å². The standard InChI is InChI=1S/C25H22N2O4/c1-3-31-21-11-7-10-18(16-21)26-23-22(17-8-5-4-6-9-17)24(28)27(25(23)29)19-12-14-20(30-2)15-13-19/h4-16,26H,3H2,1-2H3. The summed E-state index contributed by atoms with van der Waals surface area (Å²) in [7, 11) is 1.56. The van der Waals surface area contributed by atoms with Crippen LogP contribution in [0.3, 0.4) is 0 Å². The van der Waals surface area contributed by atoms with Crippen molar-refractivity contribution < 1.29 is 19.1 Å². The SMILES string of the molecule is CCOc1cccc(NC2=C(c3ccccc3)C(=O)N(c3ccc(OC)cc3)C2=O)c1. The van der Waals surface area contributed by atoms with Gasteiger partial charge in [-0.3, -0.25) is 9.59 Å². The number of ether oxygens (including phenoxy) is 2. The largest absolute Gasteiger partial charge is 0.497 e. The van der Waals surface area contributed by atoms with Crippen molar-refractivity contribution in [1.29, 1.82) is 0 Å². The van der Waals surface area contributed by atoms with Gasteiger partial charge >= 0.3 is 0 Å². The van der Waals surface area contributed by atoms with E-state index >= 15 is 0 Å². The van der Waals surface area contributed by atoms with Gasteiger partial charge in [0.25, 0.3) is 11.8 Å². The lowest BCUT2D eigenvalue weighted by Crippen LogP contribution is -2.32. The maximum Gasteiger partial charge on any atom is 0.282 e. The Morgan fingerprint density at radius 2 is 1.58 bits per heavy atom. The van der Waals surface area contributed by atoms with E-state index < -0.39 is 5.91 Å². The lowest BCUT2D eigenvalue weighted by Gasteiger charge is -2.16. The van der Waals surface area contributed by atoms with Gasteiger partial charge in [-0.2, -0.15) is 0 Å². The highest BCUT2D eigenvalue weighted by atomic mass is 16.5. The first kappa shape index (κ1) is 20.2. The van der Waals surface area contributed by atoms with Gasteiger partial charge in [-0.15, -0.1) is 0 Å². The molecule has 6 heteroatoms. The Morgan fingerprint density at radius 3 is 2.26 bits per heavy atom. The number of imide groups is 1. The Labute approximate surface area is 180 Å². The molecule has 0 saturated heterocycles. The molecule has 0 fully saturated rings. The van der Waals surface area contributed by atoms with Crippen molar-refractivity contribution in [1.82, 2.24) is 0 Å². The first-order valence-electron chi connectivity index (χ1n) is 9.94. The monoisotopic (exact) mass is 414 g/mol. The molecule has 2 amide bonds. The van der Waals surface area contributed by atoms with Crippen LogP contribution in [0.1, 0.15) is 12.5 Å². The van der Waals surface area contributed by atoms with Crippen LogP contribution >= 0.6 is 0 Å². The maximum atomic E-state index is 13.4. The number of anilines is 2. The molecule has 0 radical (unpaired) electrons. The zero-order chi connectivity index (χ0) is 21.8. The highest BCUT2D eigenvalue weighted by molar-refractivity contribution is 6.46. The van der Waals surface area contributed by atoms with Crippen LogP contribution in [0, 0.1) is 0 Å². The average molecular weight is 414 g/mol. The molecule has 156 valence electrons. The number of hydrogen-bond donors (Lipinski definition) is 1. The van der Waals surface area contributed by atoms with Crippen molar-refractivity contribution in [2.45, 2.75) is 6.92 Å². The normalized spacial score (nSPS) is 13.5. The van der Waals surface area contributed by atoms with Gasteiger partial charge in [0.15, 0.2) is 0 Å². The van der Waals surface area contributed by atoms with Crippen LogP contribution in [0.5, 0.6) is 11.5 Å². The zero-order valence-electron chi connectivity index (χ0n) is 17.3. The van der Waals surface area contributed by atoms with Gasteiger partial charge in [-0.05, 0) is 48.9 Å². The number of rotatable bonds is 7. The minimum absolute atomic E-state index is 0.223. The lowest BCUT2D eigenvalue weighted by atomic mass is 10.0. The first-order chi connectivity index (χ1) is 15.1. The Balaban J connectivity index is 1.76. The summed E-state index contributed by atoms with van der Waals surface area (Å²) in [5.41, 5.74) is 2.35. The molecule has 0 aliphatic carbocycles. The second-order valence-corrected chi connectivity index (χ2v) is 6.85. The van der Waals surface area contributed by atoms with Crippen molar-refractivity contribution in [3.8, 4) is 11.5 Å². The third-order valence-corrected chi connectivity index (χ3v) is 4.89. The molecular formula is C25H22N2O4. The zero-order valence-corrected chi connectivity index (χ0v) is 17.3. The predicted molar refractivity (Wildman–Crippen MR) is 120 cm³/mol. The van der Waals surface area contributed by atoms with Gasteiger partial charge in [-0.25, -0.2) is 4.90 Å². The summed E-state index contributed by atoms with van der Waals surface area (Å²) in [5.74, 6) is 0.518. The summed E-state index contributed by atoms with van der Waals surface area (Å²) in [6, 6.07) is 23.3. The first-order valence-corrected chi connectivity index (χ1v) is 9.94. The Morgan fingerprint density at radius 1 is 0.839 bits per heavy atom. The van der Waals surface area contributed by atoms with Crippen LogP contribution in [0.2, 0.25) is 0 Å². The van der Waals surface area contributed by atoms with Gasteiger partial charge in [0.2, 0.25) is 0 Å². The van der Waals surface area contributed by atoms with Crippen LogP contribution in [-0.2, 0) is 9.59 Å². The number of benzene rings is 3. The minimum Gasteiger partial charge on any atom is -0.497 e. The van der Waals surface area contributed by atoms with Crippen LogP contribution in [0.4, 0.5) is 11.4 Å². The van der Waals surface area contributed by atoms with E-state index in [-0.39, 0.29) is 11.6 Å². The third-order valence-electron chi connectivity index (χ3n) is 4.89. The molecule has 0 saturated carbocycles. The van der Waals surface area contributed by atoms with Crippen LogP contribution in [-0.4, -0.2) is 25.5 Å². The fourth-order valence-corrected chi connectivity index (χ4v) is 3.46. The molecule has 6 nitrogen and oxygen atoms in total. The molecule has 31 heavy (non-hydrogen) atoms. The summed E-state index contributed by atoms with van der Waals surface area (Å²) in [5, 5.41) is 3.15. The third kappa shape index (κ3) is 4.00. The molecule has 0 bridgehead atoms. The van der Waals surface area contributed by atoms with Gasteiger partial charge in [0.1, 0.15) is 17.2 Å². The smallest absolute Gasteiger partial charge is 0.282 e. The highest BCUT2D eigenvalue weighted by Gasteiger charge is 2.40. The molecule has 0 unspecified atom stereocenters. The molecule has 1 heterocycles. The molecule has 0 aromatic heterocycles. The Bertz CT molecular complexity index is 1140. The number of amides is 2. The number of methoxy groups -OCH3 is 1. The summed E-state index contributed by atoms with van der Waals surface area (Å²) in [4.78, 5) is 28.0. The lowest BCUT2D eigenvalue weighted by molar-refractivity contribution is -0.120. The minimum atomic E-state index is -0.421. The predicted octanol–water partition coefficient (Wildman–Crippen LogP) is 4.49. The number of carbonyl (C=O) groups is 2. The summed E-state index contributed by atoms with van der Waals surface area (Å²) in [6.07, 6.45) is 0. The number of carbonyl (C=O) groups excluding carboxylic acids is 2. The van der Waals surface area contributed by atoms with Crippen LogP contribution < -0.4 is 19.7 Å². The van der Waals surface area contributed by atoms with Crippen molar-refractivity contribution in [3.05, 3.63) is 90.1 Å². The average Bonchev–Trinajstić information content (AvgIpc) is 3.04. The second-order valence-electron chi connectivity index (χ2n) is 6.85. The molecule has 1 N–H and O–H groups in total. The van der Waals surface area contributed by atoms with Crippen molar-refractivity contribution in [3.63, 3.8) is 0 Å². The second kappa shape index (κ2) is 8.75. The van der Waals surface area contributed by atoms with E-state index in [9.17, 15) is 9.59 Å². The quantitative estimate of drug-likeness (QED) is 0.577. The highest BCUT2D eigenvalue weighted by Crippen LogP contribution is 2.34. The summed E-state index contributed by atoms with van der Waals surface area (Å²) >= 11 is 0. The summed E-state index contributed by atoms with van der Waals surface area (Å²) in [6.45, 7) is 2.44. The van der Waals surface area contributed by atoms with E-state index in [2.05, 4.69) is 5.32 Å². The van der Waals surface area contributed by atoms with Gasteiger partial charge < -0.3 is 14.8 Å². The van der Waals surface area contributed by atoms with E-state index in [0.717, 1.165) is 0 Å². The topological polar surface area (TPSA) is 67.9 Å². The molecule has 4 rings (SSSR count). The maximum absolute atomic E-state index is 13.4. The van der Waals surface area contributed by atoms with Crippen molar-refractivity contribution in [2.75, 3.05) is 23.9 Å². The Kier molecular flexibility index (Phi) is 5.71. The molecule has 3 aromatic rings. The van der Waals surface area contributed by atoms with Crippen LogP contribution in [0.15, 0.2) is 84.6 Å². The van der Waals surface area contributed by atoms with Crippen LogP contribution in [0.25, 0.3) is 5.57 Å². The van der Waals surface area contributed by atoms with E-state index in [4.69, 9.17) is 9.47 Å². The molecule has 1 aliphatic heterocycles. The number of hydrogen-bond acceptors (Lipinski definition) is 5. The van der Waals surface area contributed by atoms with E-state index in [1.165, 1.54) is 4.90 Å². The van der Waals surface area contributed by atoms with Gasteiger partial charge in [0.05, 0.1) is 25.0 Å². The van der Waals surface area contributed by atoms with E-state index in [1.807, 2.05) is 55.5 Å². The molecular weight excluding hydrogens is 392 g/mol. The van der Waals surface area contributed by atoms with Gasteiger partial charge in [0, 0.05) is 11.8 Å². The molecule has 1 aliphatic rings. The van der Waals surface area contributed by atoms with E-state index in [1.54, 1.807) is 37.4 Å². The Hall–Kier alpha value is -4.06. The molecule has 0 atom stereocenters. The summed E-state index contributed by atoms with van der Waals surface area (Å²) < 4.78 is 10.7. The fourth-order valence-electron chi connectivity index (χ4n) is 3.46. The number of nitrogens with zero attached hydrogens (tertiary/aromatic N) is 1. The van der Waals surface area contributed by atoms with Crippen molar-refractivity contribution >= 4 is 28.8 Å². The molecule has 0 spiro atoms. The number of nitrogens with one attached hydrogen (secondary N) is 1. The molecule has 3 aromatic carbocycles. The fraction of sp³-hybridized carbons (Fsp3) is 0.120. The van der Waals surface area contributed by atoms with Gasteiger partial charge in [-0.1, -0.05) is 36.4 Å². The van der Waals surface area contributed by atoms with E-state index in [0.29, 0.717) is 40.6 Å².